The molecule has 4 nitrogen and oxygen atoms in total. The van der Waals surface area contributed by atoms with Crippen molar-refractivity contribution >= 4 is 36.1 Å². The molecule has 0 saturated carbocycles. The number of ether oxygens (including phenoxy) is 1. The van der Waals surface area contributed by atoms with Crippen LogP contribution in [0.25, 0.3) is 6.08 Å². The first-order valence-electron chi connectivity index (χ1n) is 11.1. The summed E-state index contributed by atoms with van der Waals surface area (Å²) in [5.74, 6) is -0.481. The zero-order valence-corrected chi connectivity index (χ0v) is 21.9. The molecule has 0 aromatic heterocycles. The average molecular weight is 508 g/mol. The summed E-state index contributed by atoms with van der Waals surface area (Å²) in [5, 5.41) is 3.94. The first kappa shape index (κ1) is 25.7. The van der Waals surface area contributed by atoms with Crippen molar-refractivity contribution in [2.24, 2.45) is 5.16 Å². The molecule has 0 unspecified atom stereocenters. The van der Waals surface area contributed by atoms with Gasteiger partial charge in [-0.25, -0.2) is 0 Å². The number of nitrogens with zero attached hydrogens (tertiary/aromatic N) is 1. The van der Waals surface area contributed by atoms with Crippen molar-refractivity contribution in [1.82, 2.24) is 0 Å². The van der Waals surface area contributed by atoms with E-state index >= 15 is 0 Å². The normalized spacial score (nSPS) is 12.4. The van der Waals surface area contributed by atoms with Gasteiger partial charge in [0.15, 0.2) is 0 Å². The van der Waals surface area contributed by atoms with Gasteiger partial charge in [-0.15, -0.1) is 0 Å². The standard InChI is InChI=1S/C12H12NO3.3C4H9.Sn/c1-4-9-7-5-6-8-10(9)11(13-16-3)12(14)15-2;3*1-3-4-2;/h1,4-8H,2-3H3;3*1,3-4H2,2H3;. The molecule has 1 aromatic carbocycles. The van der Waals surface area contributed by atoms with Gasteiger partial charge in [-0.2, -0.15) is 0 Å². The summed E-state index contributed by atoms with van der Waals surface area (Å²) in [7, 11) is 2.82. The summed E-state index contributed by atoms with van der Waals surface area (Å²) in [6.45, 7) is 6.87. The maximum absolute atomic E-state index is 12.2. The van der Waals surface area contributed by atoms with E-state index in [9.17, 15) is 4.79 Å². The number of hydrogen-bond donors (Lipinski definition) is 0. The van der Waals surface area contributed by atoms with Crippen LogP contribution in [-0.4, -0.2) is 44.3 Å². The zero-order valence-electron chi connectivity index (χ0n) is 19.0. The Morgan fingerprint density at radius 2 is 1.52 bits per heavy atom. The van der Waals surface area contributed by atoms with Gasteiger partial charge in [-0.05, 0) is 0 Å². The molecule has 0 saturated heterocycles. The Kier molecular flexibility index (Phi) is 13.0. The molecule has 0 aliphatic rings. The van der Waals surface area contributed by atoms with Crippen LogP contribution in [-0.2, 0) is 14.4 Å². The van der Waals surface area contributed by atoms with Crippen LogP contribution in [0.2, 0.25) is 13.3 Å². The predicted octanol–water partition coefficient (Wildman–Crippen LogP) is 6.61. The van der Waals surface area contributed by atoms with Gasteiger partial charge in [0.2, 0.25) is 0 Å². The molecule has 1 rings (SSSR count). The van der Waals surface area contributed by atoms with Gasteiger partial charge in [0.05, 0.1) is 0 Å². The molecule has 0 aliphatic carbocycles. The Morgan fingerprint density at radius 3 is 2.00 bits per heavy atom. The van der Waals surface area contributed by atoms with E-state index in [1.165, 1.54) is 66.1 Å². The number of hydrogen-bond acceptors (Lipinski definition) is 4. The summed E-state index contributed by atoms with van der Waals surface area (Å²) >= 11 is -2.41. The SMILES string of the molecule is CCC[CH2][Sn](/[CH]=C\c1ccccc1C(=NOC)C(=O)OC)([CH2]CCC)[CH2]CCC. The molecule has 0 fully saturated rings. The fourth-order valence-corrected chi connectivity index (χ4v) is 17.9. The molecule has 5 heteroatoms. The number of methoxy groups -OCH3 is 1. The molecule has 0 bridgehead atoms. The van der Waals surface area contributed by atoms with Crippen LogP contribution < -0.4 is 0 Å². The van der Waals surface area contributed by atoms with Crippen molar-refractivity contribution in [2.45, 2.75) is 72.6 Å². The molecule has 1 aromatic rings. The van der Waals surface area contributed by atoms with Gasteiger partial charge >= 0.3 is 182 Å². The number of carbonyl (C=O) groups excluding carboxylic acids is 1. The molecule has 0 heterocycles. The third kappa shape index (κ3) is 8.53. The second kappa shape index (κ2) is 14.6. The maximum atomic E-state index is 12.2. The molecule has 0 radical (unpaired) electrons. The number of rotatable bonds is 14. The van der Waals surface area contributed by atoms with E-state index in [1.807, 2.05) is 18.2 Å². The number of unbranched alkanes of at least 4 members (excludes halogenated alkanes) is 3. The van der Waals surface area contributed by atoms with E-state index in [1.54, 1.807) is 0 Å². The molecular weight excluding hydrogens is 469 g/mol. The van der Waals surface area contributed by atoms with Crippen molar-refractivity contribution in [3.8, 4) is 0 Å². The topological polar surface area (TPSA) is 47.9 Å². The van der Waals surface area contributed by atoms with Crippen molar-refractivity contribution in [2.75, 3.05) is 14.2 Å². The third-order valence-electron chi connectivity index (χ3n) is 5.48. The second-order valence-corrected chi connectivity index (χ2v) is 20.7. The molecule has 29 heavy (non-hydrogen) atoms. The Balaban J connectivity index is 3.33. The van der Waals surface area contributed by atoms with Crippen LogP contribution in [0.1, 0.15) is 70.4 Å². The van der Waals surface area contributed by atoms with Gasteiger partial charge < -0.3 is 0 Å². The van der Waals surface area contributed by atoms with E-state index in [0.717, 1.165) is 11.1 Å². The van der Waals surface area contributed by atoms with Crippen LogP contribution in [0.5, 0.6) is 0 Å². The van der Waals surface area contributed by atoms with Crippen molar-refractivity contribution in [3.63, 3.8) is 0 Å². The van der Waals surface area contributed by atoms with E-state index < -0.39 is 24.3 Å². The van der Waals surface area contributed by atoms with E-state index in [2.05, 4.69) is 42.2 Å². The fraction of sp³-hybridized carbons (Fsp3) is 0.583. The zero-order chi connectivity index (χ0) is 21.5. The van der Waals surface area contributed by atoms with Crippen LogP contribution in [0.15, 0.2) is 33.5 Å². The predicted molar refractivity (Wildman–Crippen MR) is 126 cm³/mol. The van der Waals surface area contributed by atoms with Crippen LogP contribution in [0, 0.1) is 0 Å². The van der Waals surface area contributed by atoms with E-state index in [0.29, 0.717) is 0 Å². The number of esters is 1. The van der Waals surface area contributed by atoms with Gasteiger partial charge in [0.25, 0.3) is 0 Å². The average Bonchev–Trinajstić information content (AvgIpc) is 2.76. The minimum absolute atomic E-state index is 0.215. The summed E-state index contributed by atoms with van der Waals surface area (Å²) in [4.78, 5) is 17.2. The Labute approximate surface area is 181 Å². The Bertz CT molecular complexity index is 648. The summed E-state index contributed by atoms with van der Waals surface area (Å²) in [6, 6.07) is 7.89. The fourth-order valence-electron chi connectivity index (χ4n) is 3.72. The molecule has 0 spiro atoms. The Morgan fingerprint density at radius 1 is 0.966 bits per heavy atom. The van der Waals surface area contributed by atoms with Crippen LogP contribution in [0.4, 0.5) is 0 Å². The summed E-state index contributed by atoms with van der Waals surface area (Å²) < 4.78 is 11.8. The van der Waals surface area contributed by atoms with Gasteiger partial charge in [-0.1, -0.05) is 0 Å². The van der Waals surface area contributed by atoms with Gasteiger partial charge in [0.1, 0.15) is 0 Å². The molecule has 0 N–H and O–H groups in total. The first-order chi connectivity index (χ1) is 14.1. The first-order valence-corrected chi connectivity index (χ1v) is 18.8. The molecule has 0 aliphatic heterocycles. The van der Waals surface area contributed by atoms with E-state index in [-0.39, 0.29) is 5.71 Å². The number of benzene rings is 1. The molecule has 0 atom stereocenters. The number of carbonyl (C=O) groups is 1. The monoisotopic (exact) mass is 509 g/mol. The minimum atomic E-state index is -2.41. The van der Waals surface area contributed by atoms with Crippen molar-refractivity contribution < 1.29 is 14.4 Å². The van der Waals surface area contributed by atoms with E-state index in [4.69, 9.17) is 9.57 Å². The third-order valence-corrected chi connectivity index (χ3v) is 19.5. The Hall–Kier alpha value is -1.30. The van der Waals surface area contributed by atoms with Gasteiger partial charge in [0, 0.05) is 0 Å². The van der Waals surface area contributed by atoms with Crippen LogP contribution in [0.3, 0.4) is 0 Å². The molecular formula is C24H39NO3Sn. The van der Waals surface area contributed by atoms with Crippen LogP contribution >= 0.6 is 0 Å². The quantitative estimate of drug-likeness (QED) is 0.123. The summed E-state index contributed by atoms with van der Waals surface area (Å²) in [6.07, 6.45) is 10.0. The van der Waals surface area contributed by atoms with Crippen molar-refractivity contribution in [1.29, 1.82) is 0 Å². The molecule has 0 amide bonds. The molecule has 162 valence electrons. The number of oxime groups is 1. The summed E-state index contributed by atoms with van der Waals surface area (Å²) in [5.41, 5.74) is 1.99. The second-order valence-electron chi connectivity index (χ2n) is 7.71. The van der Waals surface area contributed by atoms with Crippen molar-refractivity contribution in [3.05, 3.63) is 39.5 Å². The van der Waals surface area contributed by atoms with Gasteiger partial charge in [-0.3, -0.25) is 0 Å².